The highest BCUT2D eigenvalue weighted by Gasteiger charge is 2.17. The van der Waals surface area contributed by atoms with Gasteiger partial charge in [-0.1, -0.05) is 0 Å². The van der Waals surface area contributed by atoms with Crippen molar-refractivity contribution in [2.75, 3.05) is 40.8 Å². The van der Waals surface area contributed by atoms with Gasteiger partial charge >= 0.3 is 0 Å². The topological polar surface area (TPSA) is 111 Å². The van der Waals surface area contributed by atoms with Crippen LogP contribution >= 0.6 is 0 Å². The van der Waals surface area contributed by atoms with Gasteiger partial charge in [0.15, 0.2) is 0 Å². The summed E-state index contributed by atoms with van der Waals surface area (Å²) in [5.41, 5.74) is 10.9. The molecule has 0 spiro atoms. The van der Waals surface area contributed by atoms with Gasteiger partial charge in [-0.3, -0.25) is 9.98 Å². The summed E-state index contributed by atoms with van der Waals surface area (Å²) in [6, 6.07) is 4.16. The molecule has 2 rings (SSSR count). The minimum absolute atomic E-state index is 0. The Morgan fingerprint density at radius 2 is 2.07 bits per heavy atom. The third-order valence-electron chi connectivity index (χ3n) is 5.02. The summed E-state index contributed by atoms with van der Waals surface area (Å²) >= 11 is 0. The van der Waals surface area contributed by atoms with Crippen LogP contribution in [0.15, 0.2) is 52.3 Å². The first kappa shape index (κ1) is 25.4. The number of rotatable bonds is 8. The molecule has 0 aliphatic carbocycles. The fraction of sp³-hybridized carbons (Fsp3) is 0.478. The highest BCUT2D eigenvalue weighted by Crippen LogP contribution is 2.27. The van der Waals surface area contributed by atoms with E-state index < -0.39 is 0 Å². The van der Waals surface area contributed by atoms with Gasteiger partial charge < -0.3 is 26.8 Å². The van der Waals surface area contributed by atoms with Crippen LogP contribution < -0.4 is 21.9 Å². The molecule has 30 heavy (non-hydrogen) atoms. The number of ether oxygens (including phenoxy) is 1. The van der Waals surface area contributed by atoms with E-state index in [1.807, 2.05) is 38.2 Å². The van der Waals surface area contributed by atoms with Crippen LogP contribution in [0.5, 0.6) is 5.75 Å². The number of hydrogen-bond acceptors (Lipinski definition) is 7. The molecule has 6 N–H and O–H groups in total. The van der Waals surface area contributed by atoms with Crippen LogP contribution in [0.1, 0.15) is 38.5 Å². The van der Waals surface area contributed by atoms with Crippen LogP contribution in [-0.4, -0.2) is 56.9 Å². The van der Waals surface area contributed by atoms with Crippen LogP contribution in [0, 0.1) is 6.92 Å². The van der Waals surface area contributed by atoms with Crippen molar-refractivity contribution in [1.29, 1.82) is 0 Å². The van der Waals surface area contributed by atoms with Gasteiger partial charge in [-0.2, -0.15) is 0 Å². The van der Waals surface area contributed by atoms with Crippen molar-refractivity contribution < 1.29 is 6.16 Å². The lowest BCUT2D eigenvalue weighted by molar-refractivity contribution is 0.346. The number of aromatic nitrogens is 1. The third kappa shape index (κ3) is 7.31. The lowest BCUT2D eigenvalue weighted by Crippen LogP contribution is -2.27. The summed E-state index contributed by atoms with van der Waals surface area (Å²) < 4.78 is 6.11. The number of nitrogens with one attached hydrogen (secondary N) is 1. The Kier molecular flexibility index (Phi) is 10.9. The van der Waals surface area contributed by atoms with Crippen LogP contribution in [-0.2, 0) is 0 Å². The largest absolute Gasteiger partial charge is 0.487 e. The minimum atomic E-state index is 0. The molecule has 1 aliphatic rings. The van der Waals surface area contributed by atoms with Gasteiger partial charge in [0.2, 0.25) is 0 Å². The van der Waals surface area contributed by atoms with E-state index in [2.05, 4.69) is 29.4 Å². The number of pyridine rings is 1. The highest BCUT2D eigenvalue weighted by molar-refractivity contribution is 5.86. The molecule has 0 amide bonds. The van der Waals surface area contributed by atoms with Gasteiger partial charge in [0.25, 0.3) is 0 Å². The fourth-order valence-corrected chi connectivity index (χ4v) is 3.38. The molecule has 2 heterocycles. The van der Waals surface area contributed by atoms with E-state index in [-0.39, 0.29) is 7.58 Å². The summed E-state index contributed by atoms with van der Waals surface area (Å²) in [6.07, 6.45) is 9.65. The average Bonchev–Trinajstić information content (AvgIpc) is 2.72. The van der Waals surface area contributed by atoms with Gasteiger partial charge in [-0.15, -0.1) is 0 Å². The molecule has 7 heteroatoms. The Morgan fingerprint density at radius 1 is 1.37 bits per heavy atom. The number of aryl methyl sites for hydroxylation is 1. The van der Waals surface area contributed by atoms with Crippen molar-refractivity contribution >= 4 is 6.21 Å². The van der Waals surface area contributed by atoms with Crippen molar-refractivity contribution in [2.24, 2.45) is 10.7 Å². The van der Waals surface area contributed by atoms with E-state index in [1.54, 1.807) is 19.5 Å². The third-order valence-corrected chi connectivity index (χ3v) is 5.02. The first-order chi connectivity index (χ1) is 14.0. The number of nitrogens with two attached hydrogens (primary N) is 1. The first-order valence-electron chi connectivity index (χ1n) is 10.2. The average molecular weight is 417 g/mol. The fourth-order valence-electron chi connectivity index (χ4n) is 3.38. The lowest BCUT2D eigenvalue weighted by Gasteiger charge is -2.22. The SMILES string of the molecule is CN=CC(=C\N)/C(/C=C\N(C)C)=C(/C)COc1ccc(C2CCNCC2)nc1C.N.[HH]. The maximum absolute atomic E-state index is 6.11. The molecule has 7 nitrogen and oxygen atoms in total. The highest BCUT2D eigenvalue weighted by atomic mass is 16.5. The summed E-state index contributed by atoms with van der Waals surface area (Å²) in [4.78, 5) is 10.9. The molecule has 0 unspecified atom stereocenters. The quantitative estimate of drug-likeness (QED) is 0.441. The second kappa shape index (κ2) is 12.8. The molecule has 1 fully saturated rings. The molecular formula is C23H40N6O. The molecule has 168 valence electrons. The molecule has 0 bridgehead atoms. The zero-order valence-electron chi connectivity index (χ0n) is 19.1. The van der Waals surface area contributed by atoms with Crippen LogP contribution in [0.4, 0.5) is 0 Å². The first-order valence-corrected chi connectivity index (χ1v) is 10.2. The molecule has 0 radical (unpaired) electrons. The molecule has 0 atom stereocenters. The number of piperidine rings is 1. The number of aliphatic imine (C=N–C) groups is 1. The van der Waals surface area contributed by atoms with E-state index in [1.165, 1.54) is 5.69 Å². The van der Waals surface area contributed by atoms with Crippen molar-refractivity contribution in [3.63, 3.8) is 0 Å². The molecule has 1 aromatic heterocycles. The Balaban J connectivity index is 0.00000450. The molecular weight excluding hydrogens is 376 g/mol. The van der Waals surface area contributed by atoms with E-state index in [4.69, 9.17) is 15.5 Å². The Labute approximate surface area is 182 Å². The zero-order valence-corrected chi connectivity index (χ0v) is 19.1. The molecule has 1 aliphatic heterocycles. The van der Waals surface area contributed by atoms with Crippen LogP contribution in [0.2, 0.25) is 0 Å². The number of allylic oxidation sites excluding steroid dienone is 3. The molecule has 0 aromatic carbocycles. The minimum Gasteiger partial charge on any atom is -0.487 e. The molecule has 1 aromatic rings. The van der Waals surface area contributed by atoms with Crippen LogP contribution in [0.25, 0.3) is 0 Å². The van der Waals surface area contributed by atoms with Gasteiger partial charge in [-0.05, 0) is 75.3 Å². The van der Waals surface area contributed by atoms with E-state index in [0.717, 1.165) is 54.1 Å². The number of nitrogens with zero attached hydrogens (tertiary/aromatic N) is 3. The van der Waals surface area contributed by atoms with Crippen molar-refractivity contribution in [1.82, 2.24) is 21.4 Å². The van der Waals surface area contributed by atoms with Crippen LogP contribution in [0.3, 0.4) is 0 Å². The number of hydrogen-bond donors (Lipinski definition) is 3. The Hall–Kier alpha value is -2.64. The molecule has 1 saturated heterocycles. The van der Waals surface area contributed by atoms with Gasteiger partial charge in [0.05, 0.1) is 5.69 Å². The summed E-state index contributed by atoms with van der Waals surface area (Å²) in [7, 11) is 5.71. The van der Waals surface area contributed by atoms with Crippen molar-refractivity contribution in [3.05, 3.63) is 58.7 Å². The van der Waals surface area contributed by atoms with E-state index in [9.17, 15) is 0 Å². The second-order valence-electron chi connectivity index (χ2n) is 7.62. The van der Waals surface area contributed by atoms with Gasteiger partial charge in [0, 0.05) is 52.2 Å². The van der Waals surface area contributed by atoms with Crippen molar-refractivity contribution in [2.45, 2.75) is 32.6 Å². The van der Waals surface area contributed by atoms with Gasteiger partial charge in [-0.25, -0.2) is 0 Å². The summed E-state index contributed by atoms with van der Waals surface area (Å²) in [6.45, 7) is 6.65. The van der Waals surface area contributed by atoms with Gasteiger partial charge in [0.1, 0.15) is 12.4 Å². The maximum atomic E-state index is 6.11. The monoisotopic (exact) mass is 416 g/mol. The Morgan fingerprint density at radius 3 is 2.63 bits per heavy atom. The van der Waals surface area contributed by atoms with E-state index >= 15 is 0 Å². The summed E-state index contributed by atoms with van der Waals surface area (Å²) in [5.74, 6) is 1.36. The second-order valence-corrected chi connectivity index (χ2v) is 7.62. The molecule has 0 saturated carbocycles. The predicted molar refractivity (Wildman–Crippen MR) is 129 cm³/mol. The standard InChI is InChI=1S/C23H35N5O.H3N.H2/c1-17(21(10-13-28(4)5)20(14-24)15-25-3)16-29-23-7-6-22(27-18(23)2)19-8-11-26-12-9-19;;/h6-7,10,13-15,19,26H,8-9,11-12,16,24H2,1-5H3;1H3;1H/b13-10-,20-14+,21-17-,25-15?;;. The predicted octanol–water partition coefficient (Wildman–Crippen LogP) is 3.58. The lowest BCUT2D eigenvalue weighted by atomic mass is 9.94. The van der Waals surface area contributed by atoms with Crippen molar-refractivity contribution in [3.8, 4) is 5.75 Å². The van der Waals surface area contributed by atoms with E-state index in [0.29, 0.717) is 12.5 Å². The normalized spacial score (nSPS) is 16.5. The smallest absolute Gasteiger partial charge is 0.141 e. The zero-order chi connectivity index (χ0) is 21.2. The summed E-state index contributed by atoms with van der Waals surface area (Å²) in [5, 5.41) is 3.41. The maximum Gasteiger partial charge on any atom is 0.141 e. The Bertz CT molecular complexity index is 795.